The summed E-state index contributed by atoms with van der Waals surface area (Å²) in [6.45, 7) is 5.05. The number of aromatic nitrogens is 4. The molecule has 0 saturated heterocycles. The third kappa shape index (κ3) is 3.99. The van der Waals surface area contributed by atoms with Crippen LogP contribution in [0.4, 0.5) is 0 Å². The molecule has 0 spiro atoms. The SMILES string of the molecule is CCC(NC(=O)c1cc(C2CC2)nc2c1c(C)nn2-c1ccccn1)c1ccc2c(c1)OCCO2. The fourth-order valence-corrected chi connectivity index (χ4v) is 4.65. The van der Waals surface area contributed by atoms with Crippen LogP contribution in [0.3, 0.4) is 0 Å². The smallest absolute Gasteiger partial charge is 0.252 e. The van der Waals surface area contributed by atoms with Crippen molar-refractivity contribution in [2.75, 3.05) is 13.2 Å². The second-order valence-corrected chi connectivity index (χ2v) is 9.09. The van der Waals surface area contributed by atoms with Crippen LogP contribution in [-0.4, -0.2) is 38.9 Å². The number of nitrogens with zero attached hydrogens (tertiary/aromatic N) is 4. The predicted octanol–water partition coefficient (Wildman–Crippen LogP) is 4.65. The van der Waals surface area contributed by atoms with Crippen molar-refractivity contribution in [3.63, 3.8) is 0 Å². The topological polar surface area (TPSA) is 91.2 Å². The van der Waals surface area contributed by atoms with E-state index >= 15 is 0 Å². The van der Waals surface area contributed by atoms with Crippen molar-refractivity contribution in [3.8, 4) is 17.3 Å². The zero-order chi connectivity index (χ0) is 23.9. The molecule has 35 heavy (non-hydrogen) atoms. The Morgan fingerprint density at radius 3 is 2.71 bits per heavy atom. The lowest BCUT2D eigenvalue weighted by Gasteiger charge is -2.22. The monoisotopic (exact) mass is 469 g/mol. The molecule has 1 fully saturated rings. The minimum absolute atomic E-state index is 0.135. The fourth-order valence-electron chi connectivity index (χ4n) is 4.65. The summed E-state index contributed by atoms with van der Waals surface area (Å²) in [7, 11) is 0. The summed E-state index contributed by atoms with van der Waals surface area (Å²) in [4.78, 5) is 23.1. The Labute approximate surface area is 203 Å². The van der Waals surface area contributed by atoms with Gasteiger partial charge >= 0.3 is 0 Å². The van der Waals surface area contributed by atoms with Crippen LogP contribution < -0.4 is 14.8 Å². The Balaban J connectivity index is 1.39. The first-order valence-electron chi connectivity index (χ1n) is 12.1. The number of carbonyl (C=O) groups is 1. The van der Waals surface area contributed by atoms with Crippen molar-refractivity contribution in [2.45, 2.75) is 45.1 Å². The van der Waals surface area contributed by atoms with Gasteiger partial charge in [-0.25, -0.2) is 9.97 Å². The molecule has 1 aromatic carbocycles. The van der Waals surface area contributed by atoms with Crippen molar-refractivity contribution in [1.29, 1.82) is 0 Å². The number of benzene rings is 1. The highest BCUT2D eigenvalue weighted by Gasteiger charge is 2.30. The molecule has 8 nitrogen and oxygen atoms in total. The predicted molar refractivity (Wildman–Crippen MR) is 131 cm³/mol. The lowest BCUT2D eigenvalue weighted by molar-refractivity contribution is 0.0937. The van der Waals surface area contributed by atoms with Gasteiger partial charge in [-0.15, -0.1) is 0 Å². The quantitative estimate of drug-likeness (QED) is 0.442. The highest BCUT2D eigenvalue weighted by molar-refractivity contribution is 6.07. The van der Waals surface area contributed by atoms with E-state index in [0.29, 0.717) is 36.2 Å². The lowest BCUT2D eigenvalue weighted by Crippen LogP contribution is -2.29. The highest BCUT2D eigenvalue weighted by atomic mass is 16.6. The van der Waals surface area contributed by atoms with Gasteiger partial charge in [0.1, 0.15) is 13.2 Å². The third-order valence-corrected chi connectivity index (χ3v) is 6.62. The maximum atomic E-state index is 13.7. The number of carbonyl (C=O) groups excluding carboxylic acids is 1. The van der Waals surface area contributed by atoms with Crippen molar-refractivity contribution in [3.05, 3.63) is 71.2 Å². The first-order chi connectivity index (χ1) is 17.1. The van der Waals surface area contributed by atoms with E-state index in [1.807, 2.05) is 49.4 Å². The third-order valence-electron chi connectivity index (χ3n) is 6.62. The maximum Gasteiger partial charge on any atom is 0.252 e. The molecule has 1 amide bonds. The molecule has 1 unspecified atom stereocenters. The number of amides is 1. The average Bonchev–Trinajstić information content (AvgIpc) is 3.70. The lowest BCUT2D eigenvalue weighted by atomic mass is 10.0. The standard InChI is InChI=1S/C27H27N5O3/c1-3-20(18-9-10-22-23(14-18)35-13-12-34-22)30-27(33)19-15-21(17-7-8-17)29-26-25(19)16(2)31-32(26)24-6-4-5-11-28-24/h4-6,9-11,14-15,17,20H,3,7-8,12-13H2,1-2H3,(H,30,33). The Morgan fingerprint density at radius 2 is 1.97 bits per heavy atom. The van der Waals surface area contributed by atoms with E-state index in [4.69, 9.17) is 19.6 Å². The van der Waals surface area contributed by atoms with Crippen LogP contribution in [0.5, 0.6) is 11.5 Å². The van der Waals surface area contributed by atoms with E-state index in [2.05, 4.69) is 17.2 Å². The molecule has 2 aliphatic rings. The fraction of sp³-hybridized carbons (Fsp3) is 0.333. The minimum atomic E-state index is -0.169. The number of fused-ring (bicyclic) bond motifs is 2. The Hall–Kier alpha value is -3.94. The number of rotatable bonds is 6. The molecule has 3 aromatic heterocycles. The average molecular weight is 470 g/mol. The van der Waals surface area contributed by atoms with E-state index in [1.165, 1.54) is 0 Å². The van der Waals surface area contributed by atoms with Crippen LogP contribution >= 0.6 is 0 Å². The van der Waals surface area contributed by atoms with E-state index in [9.17, 15) is 4.79 Å². The summed E-state index contributed by atoms with van der Waals surface area (Å²) in [6.07, 6.45) is 4.65. The Morgan fingerprint density at radius 1 is 1.14 bits per heavy atom. The van der Waals surface area contributed by atoms with Gasteiger partial charge < -0.3 is 14.8 Å². The normalized spacial score (nSPS) is 15.7. The number of aryl methyl sites for hydroxylation is 1. The summed E-state index contributed by atoms with van der Waals surface area (Å²) in [5, 5.41) is 8.71. The summed E-state index contributed by atoms with van der Waals surface area (Å²) >= 11 is 0. The second kappa shape index (κ2) is 8.69. The molecule has 8 heteroatoms. The largest absolute Gasteiger partial charge is 0.486 e. The number of ether oxygens (including phenoxy) is 2. The van der Waals surface area contributed by atoms with Gasteiger partial charge in [-0.2, -0.15) is 9.78 Å². The van der Waals surface area contributed by atoms with Gasteiger partial charge in [-0.1, -0.05) is 19.1 Å². The van der Waals surface area contributed by atoms with E-state index in [-0.39, 0.29) is 11.9 Å². The zero-order valence-electron chi connectivity index (χ0n) is 19.8. The van der Waals surface area contributed by atoms with Gasteiger partial charge in [-0.3, -0.25) is 4.79 Å². The molecule has 1 atom stereocenters. The number of hydrogen-bond acceptors (Lipinski definition) is 6. The molecule has 0 bridgehead atoms. The molecule has 4 aromatic rings. The molecule has 1 N–H and O–H groups in total. The minimum Gasteiger partial charge on any atom is -0.486 e. The van der Waals surface area contributed by atoms with Crippen LogP contribution in [0.2, 0.25) is 0 Å². The van der Waals surface area contributed by atoms with Crippen molar-refractivity contribution < 1.29 is 14.3 Å². The highest BCUT2D eigenvalue weighted by Crippen LogP contribution is 2.41. The first kappa shape index (κ1) is 21.6. The summed E-state index contributed by atoms with van der Waals surface area (Å²) in [6, 6.07) is 13.3. The molecule has 1 saturated carbocycles. The van der Waals surface area contributed by atoms with Crippen LogP contribution in [0.25, 0.3) is 16.9 Å². The van der Waals surface area contributed by atoms with Crippen LogP contribution in [0.15, 0.2) is 48.7 Å². The van der Waals surface area contributed by atoms with Gasteiger partial charge in [0.15, 0.2) is 23.0 Å². The van der Waals surface area contributed by atoms with E-state index in [0.717, 1.165) is 53.1 Å². The van der Waals surface area contributed by atoms with E-state index in [1.54, 1.807) is 10.9 Å². The Bertz CT molecular complexity index is 1410. The molecular weight excluding hydrogens is 442 g/mol. The number of nitrogens with one attached hydrogen (secondary N) is 1. The van der Waals surface area contributed by atoms with E-state index < -0.39 is 0 Å². The van der Waals surface area contributed by atoms with Crippen molar-refractivity contribution >= 4 is 16.9 Å². The molecule has 4 heterocycles. The summed E-state index contributed by atoms with van der Waals surface area (Å²) in [5.41, 5.74) is 3.94. The van der Waals surface area contributed by atoms with Gasteiger partial charge in [-0.05, 0) is 62.1 Å². The van der Waals surface area contributed by atoms with Crippen molar-refractivity contribution in [1.82, 2.24) is 25.1 Å². The zero-order valence-corrected chi connectivity index (χ0v) is 19.8. The summed E-state index contributed by atoms with van der Waals surface area (Å²) < 4.78 is 13.1. The van der Waals surface area contributed by atoms with Gasteiger partial charge in [0, 0.05) is 17.8 Å². The Kier molecular flexibility index (Phi) is 5.36. The molecule has 0 radical (unpaired) electrons. The van der Waals surface area contributed by atoms with Crippen LogP contribution in [0.1, 0.15) is 65.5 Å². The number of pyridine rings is 2. The van der Waals surface area contributed by atoms with Gasteiger partial charge in [0.25, 0.3) is 5.91 Å². The van der Waals surface area contributed by atoms with Crippen LogP contribution in [-0.2, 0) is 0 Å². The molecule has 1 aliphatic carbocycles. The summed E-state index contributed by atoms with van der Waals surface area (Å²) in [5.74, 6) is 2.39. The first-order valence-corrected chi connectivity index (χ1v) is 12.1. The van der Waals surface area contributed by atoms with Crippen LogP contribution in [0, 0.1) is 6.92 Å². The molecular formula is C27H27N5O3. The van der Waals surface area contributed by atoms with Gasteiger partial charge in [0.2, 0.25) is 0 Å². The van der Waals surface area contributed by atoms with Gasteiger partial charge in [0.05, 0.1) is 22.7 Å². The molecule has 178 valence electrons. The van der Waals surface area contributed by atoms with Crippen molar-refractivity contribution in [2.24, 2.45) is 0 Å². The second-order valence-electron chi connectivity index (χ2n) is 9.09. The molecule has 6 rings (SSSR count). The molecule has 1 aliphatic heterocycles. The maximum absolute atomic E-state index is 13.7. The number of hydrogen-bond donors (Lipinski definition) is 1.